The van der Waals surface area contributed by atoms with Crippen molar-refractivity contribution in [2.45, 2.75) is 13.3 Å². The first kappa shape index (κ1) is 16.1. The van der Waals surface area contributed by atoms with Gasteiger partial charge in [-0.05, 0) is 49.2 Å². The molecule has 0 amide bonds. The van der Waals surface area contributed by atoms with Gasteiger partial charge in [0, 0.05) is 11.9 Å². The van der Waals surface area contributed by atoms with E-state index in [1.165, 1.54) is 5.56 Å². The van der Waals surface area contributed by atoms with Crippen molar-refractivity contribution in [3.63, 3.8) is 0 Å². The Morgan fingerprint density at radius 2 is 1.88 bits per heavy atom. The van der Waals surface area contributed by atoms with Crippen LogP contribution in [0.5, 0.6) is 11.5 Å². The minimum atomic E-state index is 0.740. The molecule has 0 atom stereocenters. The maximum absolute atomic E-state index is 5.42. The SMILES string of the molecule is COc1ccc(OC)c(CCNc2ncnc3ccc(C)cc23)c1. The third-order valence-electron chi connectivity index (χ3n) is 3.97. The van der Waals surface area contributed by atoms with Gasteiger partial charge in [0.15, 0.2) is 0 Å². The number of benzene rings is 2. The molecule has 24 heavy (non-hydrogen) atoms. The highest BCUT2D eigenvalue weighted by atomic mass is 16.5. The van der Waals surface area contributed by atoms with Gasteiger partial charge in [-0.1, -0.05) is 11.6 Å². The topological polar surface area (TPSA) is 56.3 Å². The molecule has 0 aliphatic heterocycles. The van der Waals surface area contributed by atoms with Gasteiger partial charge >= 0.3 is 0 Å². The van der Waals surface area contributed by atoms with Crippen molar-refractivity contribution in [1.29, 1.82) is 0 Å². The molecule has 0 saturated carbocycles. The lowest BCUT2D eigenvalue weighted by molar-refractivity contribution is 0.399. The number of nitrogens with one attached hydrogen (secondary N) is 1. The number of aryl methyl sites for hydroxylation is 1. The van der Waals surface area contributed by atoms with Crippen LogP contribution in [0.2, 0.25) is 0 Å². The van der Waals surface area contributed by atoms with E-state index in [2.05, 4.69) is 34.3 Å². The summed E-state index contributed by atoms with van der Waals surface area (Å²) in [5.74, 6) is 2.54. The molecule has 0 fully saturated rings. The van der Waals surface area contributed by atoms with Crippen molar-refractivity contribution < 1.29 is 9.47 Å². The van der Waals surface area contributed by atoms with Crippen LogP contribution in [0.15, 0.2) is 42.7 Å². The molecule has 0 aliphatic carbocycles. The van der Waals surface area contributed by atoms with Gasteiger partial charge in [-0.2, -0.15) is 0 Å². The summed E-state index contributed by atoms with van der Waals surface area (Å²) >= 11 is 0. The molecule has 0 bridgehead atoms. The standard InChI is InChI=1S/C19H21N3O2/c1-13-4-6-17-16(10-13)19(22-12-21-17)20-9-8-14-11-15(23-2)5-7-18(14)24-3/h4-7,10-12H,8-9H2,1-3H3,(H,20,21,22). The zero-order valence-electron chi connectivity index (χ0n) is 14.2. The fraction of sp³-hybridized carbons (Fsp3) is 0.263. The molecule has 1 aromatic heterocycles. The van der Waals surface area contributed by atoms with E-state index in [4.69, 9.17) is 9.47 Å². The number of nitrogens with zero attached hydrogens (tertiary/aromatic N) is 2. The fourth-order valence-electron chi connectivity index (χ4n) is 2.70. The molecule has 1 heterocycles. The predicted molar refractivity (Wildman–Crippen MR) is 96.0 cm³/mol. The van der Waals surface area contributed by atoms with E-state index < -0.39 is 0 Å². The molecule has 0 spiro atoms. The molecule has 5 nitrogen and oxygen atoms in total. The van der Waals surface area contributed by atoms with Gasteiger partial charge in [-0.15, -0.1) is 0 Å². The van der Waals surface area contributed by atoms with E-state index in [9.17, 15) is 0 Å². The first-order valence-corrected chi connectivity index (χ1v) is 7.87. The van der Waals surface area contributed by atoms with E-state index in [0.29, 0.717) is 0 Å². The highest BCUT2D eigenvalue weighted by molar-refractivity contribution is 5.89. The normalized spacial score (nSPS) is 10.6. The number of methoxy groups -OCH3 is 2. The van der Waals surface area contributed by atoms with Crippen LogP contribution in [-0.2, 0) is 6.42 Å². The third-order valence-corrected chi connectivity index (χ3v) is 3.97. The van der Waals surface area contributed by atoms with Crippen molar-refractivity contribution in [3.05, 3.63) is 53.9 Å². The second-order valence-corrected chi connectivity index (χ2v) is 5.60. The van der Waals surface area contributed by atoms with Crippen LogP contribution < -0.4 is 14.8 Å². The lowest BCUT2D eigenvalue weighted by Crippen LogP contribution is -2.08. The number of rotatable bonds is 6. The van der Waals surface area contributed by atoms with Crippen LogP contribution in [0.1, 0.15) is 11.1 Å². The highest BCUT2D eigenvalue weighted by Crippen LogP contribution is 2.25. The summed E-state index contributed by atoms with van der Waals surface area (Å²) in [6.07, 6.45) is 2.39. The number of hydrogen-bond acceptors (Lipinski definition) is 5. The monoisotopic (exact) mass is 323 g/mol. The first-order chi connectivity index (χ1) is 11.7. The van der Waals surface area contributed by atoms with Gasteiger partial charge in [0.05, 0.1) is 19.7 Å². The summed E-state index contributed by atoms with van der Waals surface area (Å²) in [5.41, 5.74) is 3.23. The molecule has 124 valence electrons. The van der Waals surface area contributed by atoms with Gasteiger partial charge in [-0.25, -0.2) is 9.97 Å². The quantitative estimate of drug-likeness (QED) is 0.751. The lowest BCUT2D eigenvalue weighted by atomic mass is 10.1. The van der Waals surface area contributed by atoms with Crippen LogP contribution >= 0.6 is 0 Å². The van der Waals surface area contributed by atoms with E-state index in [1.54, 1.807) is 20.5 Å². The number of ether oxygens (including phenoxy) is 2. The molecule has 2 aromatic carbocycles. The van der Waals surface area contributed by atoms with Crippen LogP contribution in [0, 0.1) is 6.92 Å². The largest absolute Gasteiger partial charge is 0.497 e. The predicted octanol–water partition coefficient (Wildman–Crippen LogP) is 3.61. The Morgan fingerprint density at radius 3 is 2.67 bits per heavy atom. The Bertz CT molecular complexity index is 849. The Kier molecular flexibility index (Phi) is 4.79. The average molecular weight is 323 g/mol. The Balaban J connectivity index is 1.76. The van der Waals surface area contributed by atoms with E-state index in [0.717, 1.165) is 46.7 Å². The molecule has 0 unspecified atom stereocenters. The second-order valence-electron chi connectivity index (χ2n) is 5.60. The third kappa shape index (κ3) is 3.40. The molecule has 1 N–H and O–H groups in total. The van der Waals surface area contributed by atoms with Crippen LogP contribution in [0.3, 0.4) is 0 Å². The summed E-state index contributed by atoms with van der Waals surface area (Å²) in [6.45, 7) is 2.81. The molecule has 3 rings (SSSR count). The molecule has 3 aromatic rings. The molecule has 5 heteroatoms. The maximum atomic E-state index is 5.42. The van der Waals surface area contributed by atoms with Crippen LogP contribution in [0.4, 0.5) is 5.82 Å². The summed E-state index contributed by atoms with van der Waals surface area (Å²) in [5, 5.41) is 4.44. The van der Waals surface area contributed by atoms with Crippen molar-refractivity contribution in [3.8, 4) is 11.5 Å². The van der Waals surface area contributed by atoms with E-state index in [-0.39, 0.29) is 0 Å². The Labute approximate surface area is 141 Å². The maximum Gasteiger partial charge on any atom is 0.137 e. The summed E-state index contributed by atoms with van der Waals surface area (Å²) in [7, 11) is 3.35. The van der Waals surface area contributed by atoms with Gasteiger partial charge in [0.1, 0.15) is 23.6 Å². The van der Waals surface area contributed by atoms with E-state index in [1.807, 2.05) is 24.3 Å². The van der Waals surface area contributed by atoms with Gasteiger partial charge in [0.2, 0.25) is 0 Å². The lowest BCUT2D eigenvalue weighted by Gasteiger charge is -2.12. The molecular formula is C19H21N3O2. The van der Waals surface area contributed by atoms with Crippen LogP contribution in [-0.4, -0.2) is 30.7 Å². The zero-order valence-corrected chi connectivity index (χ0v) is 14.2. The van der Waals surface area contributed by atoms with Crippen molar-refractivity contribution >= 4 is 16.7 Å². The Morgan fingerprint density at radius 1 is 1.00 bits per heavy atom. The minimum Gasteiger partial charge on any atom is -0.497 e. The zero-order chi connectivity index (χ0) is 16.9. The summed E-state index contributed by atoms with van der Waals surface area (Å²) in [6, 6.07) is 12.0. The number of fused-ring (bicyclic) bond motifs is 1. The number of hydrogen-bond donors (Lipinski definition) is 1. The highest BCUT2D eigenvalue weighted by Gasteiger charge is 2.07. The van der Waals surface area contributed by atoms with Crippen molar-refractivity contribution in [1.82, 2.24) is 9.97 Å². The second kappa shape index (κ2) is 7.17. The van der Waals surface area contributed by atoms with Crippen molar-refractivity contribution in [2.75, 3.05) is 26.1 Å². The molecule has 0 aliphatic rings. The smallest absolute Gasteiger partial charge is 0.137 e. The molecule has 0 radical (unpaired) electrons. The average Bonchev–Trinajstić information content (AvgIpc) is 2.62. The van der Waals surface area contributed by atoms with Crippen molar-refractivity contribution in [2.24, 2.45) is 0 Å². The van der Waals surface area contributed by atoms with Gasteiger partial charge in [0.25, 0.3) is 0 Å². The van der Waals surface area contributed by atoms with Crippen LogP contribution in [0.25, 0.3) is 10.9 Å². The molecular weight excluding hydrogens is 302 g/mol. The number of anilines is 1. The Hall–Kier alpha value is -2.82. The first-order valence-electron chi connectivity index (χ1n) is 7.87. The molecule has 0 saturated heterocycles. The summed E-state index contributed by atoms with van der Waals surface area (Å²) in [4.78, 5) is 8.69. The fourth-order valence-corrected chi connectivity index (χ4v) is 2.70. The van der Waals surface area contributed by atoms with Gasteiger partial charge < -0.3 is 14.8 Å². The van der Waals surface area contributed by atoms with E-state index >= 15 is 0 Å². The number of aromatic nitrogens is 2. The van der Waals surface area contributed by atoms with Gasteiger partial charge in [-0.3, -0.25) is 0 Å². The summed E-state index contributed by atoms with van der Waals surface area (Å²) < 4.78 is 10.7. The minimum absolute atomic E-state index is 0.740.